The van der Waals surface area contributed by atoms with E-state index in [4.69, 9.17) is 42.6 Å². The number of anilines is 3. The standard InChI is InChI=1S/C42H57N5O12/c1-42(2,3)47(41(49)50)36-10-11-37(35-9-7-6-8-34(35)36)59-38-12-13-44-40(46-38)45-32-28-31(29-33(30-32)52-5)39(48)43-14-15-53-18-19-55-22-23-57-26-27-58-25-24-56-21-20-54-17-16-51-4/h6-13,28-30H,14-27H2,1-5H3,(H,43,48)(H,49,50)(H,44,45,46). The van der Waals surface area contributed by atoms with Gasteiger partial charge in [0, 0.05) is 59.5 Å². The van der Waals surface area contributed by atoms with E-state index in [1.54, 1.807) is 49.7 Å². The van der Waals surface area contributed by atoms with E-state index in [9.17, 15) is 14.7 Å². The monoisotopic (exact) mass is 823 g/mol. The van der Waals surface area contributed by atoms with Gasteiger partial charge in [-0.25, -0.2) is 9.78 Å². The Labute approximate surface area is 345 Å². The van der Waals surface area contributed by atoms with Gasteiger partial charge < -0.3 is 58.4 Å². The van der Waals surface area contributed by atoms with E-state index in [1.807, 2.05) is 45.0 Å². The molecule has 2 amide bonds. The molecule has 0 radical (unpaired) electrons. The Morgan fingerprint density at radius 2 is 1.29 bits per heavy atom. The minimum absolute atomic E-state index is 0.220. The maximum atomic E-state index is 13.0. The molecule has 0 atom stereocenters. The summed E-state index contributed by atoms with van der Waals surface area (Å²) in [5, 5.41) is 17.4. The van der Waals surface area contributed by atoms with Crippen LogP contribution in [-0.2, 0) is 33.2 Å². The highest BCUT2D eigenvalue weighted by molar-refractivity contribution is 6.04. The first-order valence-corrected chi connectivity index (χ1v) is 19.4. The number of hydrogen-bond donors (Lipinski definition) is 3. The number of nitrogens with zero attached hydrogens (tertiary/aromatic N) is 3. The van der Waals surface area contributed by atoms with Crippen molar-refractivity contribution in [3.8, 4) is 17.4 Å². The molecule has 0 saturated heterocycles. The second-order valence-corrected chi connectivity index (χ2v) is 13.7. The van der Waals surface area contributed by atoms with Crippen LogP contribution in [0.5, 0.6) is 17.4 Å². The normalized spacial score (nSPS) is 11.4. The van der Waals surface area contributed by atoms with E-state index in [0.717, 1.165) is 0 Å². The van der Waals surface area contributed by atoms with Gasteiger partial charge in [0.1, 0.15) is 11.5 Å². The van der Waals surface area contributed by atoms with Crippen molar-refractivity contribution in [3.63, 3.8) is 0 Å². The van der Waals surface area contributed by atoms with E-state index in [1.165, 1.54) is 12.0 Å². The lowest BCUT2D eigenvalue weighted by atomic mass is 10.0. The van der Waals surface area contributed by atoms with E-state index in [2.05, 4.69) is 20.6 Å². The summed E-state index contributed by atoms with van der Waals surface area (Å²) in [6.07, 6.45) is 0.487. The number of carboxylic acid groups (broad SMARTS) is 1. The zero-order valence-corrected chi connectivity index (χ0v) is 34.5. The molecule has 3 aromatic carbocycles. The second-order valence-electron chi connectivity index (χ2n) is 13.7. The number of methoxy groups -OCH3 is 2. The fourth-order valence-corrected chi connectivity index (χ4v) is 5.59. The summed E-state index contributed by atoms with van der Waals surface area (Å²) in [6.45, 7) is 11.8. The van der Waals surface area contributed by atoms with Gasteiger partial charge in [0.05, 0.1) is 98.7 Å². The molecular weight excluding hydrogens is 766 g/mol. The SMILES string of the molecule is COCCOCCOCCOCCOCCOCCOCCNC(=O)c1cc(Nc2nccc(Oc3ccc(N(C(=O)O)C(C)(C)C)c4ccccc34)n2)cc(OC)c1. The summed E-state index contributed by atoms with van der Waals surface area (Å²) in [5.41, 5.74) is 0.740. The number of aromatic nitrogens is 2. The molecule has 1 aromatic heterocycles. The van der Waals surface area contributed by atoms with Gasteiger partial charge >= 0.3 is 6.09 Å². The third-order valence-corrected chi connectivity index (χ3v) is 8.29. The van der Waals surface area contributed by atoms with Gasteiger partial charge in [0.2, 0.25) is 11.8 Å². The topological polar surface area (TPSA) is 191 Å². The Morgan fingerprint density at radius 3 is 1.85 bits per heavy atom. The molecule has 17 nitrogen and oxygen atoms in total. The first-order chi connectivity index (χ1) is 28.6. The lowest BCUT2D eigenvalue weighted by Gasteiger charge is -2.34. The highest BCUT2D eigenvalue weighted by Gasteiger charge is 2.29. The molecule has 0 unspecified atom stereocenters. The number of amides is 2. The van der Waals surface area contributed by atoms with Crippen LogP contribution in [0.2, 0.25) is 0 Å². The van der Waals surface area contributed by atoms with Crippen LogP contribution in [0.15, 0.2) is 66.9 Å². The molecule has 0 saturated carbocycles. The molecule has 0 spiro atoms. The van der Waals surface area contributed by atoms with Crippen molar-refractivity contribution in [1.29, 1.82) is 0 Å². The largest absolute Gasteiger partial charge is 0.497 e. The maximum absolute atomic E-state index is 13.0. The molecule has 59 heavy (non-hydrogen) atoms. The molecule has 322 valence electrons. The fourth-order valence-electron chi connectivity index (χ4n) is 5.59. The van der Waals surface area contributed by atoms with Crippen molar-refractivity contribution in [2.75, 3.05) is 117 Å². The highest BCUT2D eigenvalue weighted by atomic mass is 16.6. The van der Waals surface area contributed by atoms with E-state index < -0.39 is 11.6 Å². The predicted molar refractivity (Wildman–Crippen MR) is 222 cm³/mol. The van der Waals surface area contributed by atoms with E-state index in [-0.39, 0.29) is 24.3 Å². The van der Waals surface area contributed by atoms with Gasteiger partial charge in [-0.2, -0.15) is 4.98 Å². The summed E-state index contributed by atoms with van der Waals surface area (Å²) < 4.78 is 49.4. The minimum Gasteiger partial charge on any atom is -0.497 e. The number of nitrogens with one attached hydrogen (secondary N) is 2. The molecule has 1 heterocycles. The van der Waals surface area contributed by atoms with Crippen LogP contribution < -0.4 is 25.0 Å². The number of carbonyl (C=O) groups excluding carboxylic acids is 1. The van der Waals surface area contributed by atoms with Crippen LogP contribution in [0.4, 0.5) is 22.1 Å². The van der Waals surface area contributed by atoms with Gasteiger partial charge in [0.15, 0.2) is 0 Å². The first-order valence-electron chi connectivity index (χ1n) is 19.4. The third kappa shape index (κ3) is 16.2. The van der Waals surface area contributed by atoms with Crippen molar-refractivity contribution in [1.82, 2.24) is 15.3 Å². The molecular formula is C42H57N5O12. The second kappa shape index (κ2) is 25.4. The Hall–Kier alpha value is -5.14. The van der Waals surface area contributed by atoms with Crippen molar-refractivity contribution in [3.05, 3.63) is 72.4 Å². The number of carbonyl (C=O) groups is 2. The van der Waals surface area contributed by atoms with Crippen LogP contribution in [-0.4, -0.2) is 139 Å². The lowest BCUT2D eigenvalue weighted by molar-refractivity contribution is -0.0189. The summed E-state index contributed by atoms with van der Waals surface area (Å²) in [5.74, 6) is 1.10. The fraction of sp³-hybridized carbons (Fsp3) is 0.476. The van der Waals surface area contributed by atoms with Crippen molar-refractivity contribution in [2.24, 2.45) is 0 Å². The first kappa shape index (κ1) is 46.5. The number of ether oxygens (including phenoxy) is 9. The average Bonchev–Trinajstić information content (AvgIpc) is 3.21. The van der Waals surface area contributed by atoms with Crippen molar-refractivity contribution >= 4 is 40.1 Å². The van der Waals surface area contributed by atoms with Crippen LogP contribution in [0.1, 0.15) is 31.1 Å². The van der Waals surface area contributed by atoms with Crippen LogP contribution in [0.3, 0.4) is 0 Å². The predicted octanol–water partition coefficient (Wildman–Crippen LogP) is 5.93. The zero-order valence-electron chi connectivity index (χ0n) is 34.5. The number of fused-ring (bicyclic) bond motifs is 1. The lowest BCUT2D eigenvalue weighted by Crippen LogP contribution is -2.45. The van der Waals surface area contributed by atoms with Crippen LogP contribution in [0, 0.1) is 0 Å². The molecule has 4 aromatic rings. The smallest absolute Gasteiger partial charge is 0.412 e. The molecule has 17 heteroatoms. The van der Waals surface area contributed by atoms with Crippen molar-refractivity contribution in [2.45, 2.75) is 26.3 Å². The summed E-state index contributed by atoms with van der Waals surface area (Å²) in [7, 11) is 3.15. The molecule has 0 aliphatic heterocycles. The molecule has 0 aliphatic rings. The summed E-state index contributed by atoms with van der Waals surface area (Å²) >= 11 is 0. The maximum Gasteiger partial charge on any atom is 0.412 e. The van der Waals surface area contributed by atoms with Gasteiger partial charge in [0.25, 0.3) is 5.91 Å². The Kier molecular flexibility index (Phi) is 20.0. The van der Waals surface area contributed by atoms with Gasteiger partial charge in [-0.05, 0) is 45.0 Å². The van der Waals surface area contributed by atoms with Gasteiger partial charge in [-0.1, -0.05) is 24.3 Å². The average molecular weight is 824 g/mol. The Morgan fingerprint density at radius 1 is 0.712 bits per heavy atom. The Balaban J connectivity index is 1.16. The number of rotatable bonds is 28. The molecule has 4 rings (SSSR count). The van der Waals surface area contributed by atoms with Crippen LogP contribution in [0.25, 0.3) is 10.8 Å². The van der Waals surface area contributed by atoms with Crippen molar-refractivity contribution < 1.29 is 57.3 Å². The molecule has 3 N–H and O–H groups in total. The molecule has 0 fully saturated rings. The summed E-state index contributed by atoms with van der Waals surface area (Å²) in [6, 6.07) is 17.5. The van der Waals surface area contributed by atoms with E-state index in [0.29, 0.717) is 125 Å². The van der Waals surface area contributed by atoms with Gasteiger partial charge in [-0.15, -0.1) is 0 Å². The van der Waals surface area contributed by atoms with E-state index >= 15 is 0 Å². The Bertz CT molecular complexity index is 1880. The highest BCUT2D eigenvalue weighted by Crippen LogP contribution is 2.38. The minimum atomic E-state index is -1.06. The quantitative estimate of drug-likeness (QED) is 0.0571. The molecule has 0 aliphatic carbocycles. The summed E-state index contributed by atoms with van der Waals surface area (Å²) in [4.78, 5) is 35.5. The number of benzene rings is 3. The van der Waals surface area contributed by atoms with Gasteiger partial charge in [-0.3, -0.25) is 9.69 Å². The van der Waals surface area contributed by atoms with Crippen LogP contribution >= 0.6 is 0 Å². The number of hydrogen-bond acceptors (Lipinski definition) is 14. The zero-order chi connectivity index (χ0) is 42.3. The third-order valence-electron chi connectivity index (χ3n) is 8.29. The molecule has 0 bridgehead atoms.